The van der Waals surface area contributed by atoms with E-state index in [2.05, 4.69) is 15.5 Å². The molecule has 2 aromatic carbocycles. The number of carbonyl (C=O) groups excluding carboxylic acids is 1. The maximum atomic E-state index is 14.0. The fourth-order valence-electron chi connectivity index (χ4n) is 2.38. The molecule has 1 aromatic heterocycles. The number of aromatic nitrogens is 2. The Morgan fingerprint density at radius 3 is 2.85 bits per heavy atom. The largest absolute Gasteiger partial charge is 0.485 e. The number of benzene rings is 2. The number of ether oxygens (including phenoxy) is 2. The van der Waals surface area contributed by atoms with Gasteiger partial charge in [-0.1, -0.05) is 35.1 Å². The first kappa shape index (κ1) is 16.7. The first-order valence-electron chi connectivity index (χ1n) is 7.58. The van der Waals surface area contributed by atoms with E-state index in [1.165, 1.54) is 12.1 Å². The summed E-state index contributed by atoms with van der Waals surface area (Å²) in [5, 5.41) is 11.3. The first-order valence-corrected chi connectivity index (χ1v) is 8.78. The van der Waals surface area contributed by atoms with Gasteiger partial charge in [0, 0.05) is 10.6 Å². The van der Waals surface area contributed by atoms with Gasteiger partial charge in [0.1, 0.15) is 12.4 Å². The second-order valence-corrected chi connectivity index (χ2v) is 6.80. The summed E-state index contributed by atoms with van der Waals surface area (Å²) in [5.74, 6) is 0.166. The summed E-state index contributed by atoms with van der Waals surface area (Å²) in [4.78, 5) is 12.4. The monoisotopic (exact) mass is 391 g/mol. The fraction of sp³-hybridized carbons (Fsp3) is 0.118. The van der Waals surface area contributed by atoms with Crippen molar-refractivity contribution in [3.8, 4) is 22.1 Å². The molecule has 6 nitrogen and oxygen atoms in total. The minimum Gasteiger partial charge on any atom is -0.485 e. The highest BCUT2D eigenvalue weighted by atomic mass is 35.5. The van der Waals surface area contributed by atoms with Crippen LogP contribution in [0.2, 0.25) is 5.02 Å². The maximum absolute atomic E-state index is 14.0. The molecule has 1 atom stereocenters. The number of carbonyl (C=O) groups is 1. The van der Waals surface area contributed by atoms with Crippen LogP contribution in [0.4, 0.5) is 9.52 Å². The molecular formula is C17H11ClFN3O3S. The lowest BCUT2D eigenvalue weighted by Crippen LogP contribution is -2.40. The van der Waals surface area contributed by atoms with Gasteiger partial charge in [0.25, 0.3) is 5.91 Å². The Labute approximate surface area is 156 Å². The van der Waals surface area contributed by atoms with Crippen molar-refractivity contribution < 1.29 is 18.7 Å². The molecule has 0 spiro atoms. The molecule has 0 radical (unpaired) electrons. The smallest absolute Gasteiger partial charge is 0.270 e. The Balaban J connectivity index is 1.47. The summed E-state index contributed by atoms with van der Waals surface area (Å²) in [7, 11) is 0. The van der Waals surface area contributed by atoms with Gasteiger partial charge in [0.15, 0.2) is 16.5 Å². The molecule has 26 heavy (non-hydrogen) atoms. The van der Waals surface area contributed by atoms with Crippen LogP contribution in [-0.4, -0.2) is 28.8 Å². The molecule has 3 aromatic rings. The van der Waals surface area contributed by atoms with E-state index < -0.39 is 17.8 Å². The highest BCUT2D eigenvalue weighted by Crippen LogP contribution is 2.32. The average molecular weight is 392 g/mol. The number of hydrogen-bond acceptors (Lipinski definition) is 6. The van der Waals surface area contributed by atoms with Gasteiger partial charge in [0.05, 0.1) is 0 Å². The summed E-state index contributed by atoms with van der Waals surface area (Å²) in [5.41, 5.74) is 0.263. The molecule has 0 saturated heterocycles. The molecule has 1 aliphatic heterocycles. The number of nitrogens with one attached hydrogen (secondary N) is 1. The molecule has 132 valence electrons. The lowest BCUT2D eigenvalue weighted by Gasteiger charge is -2.25. The second kappa shape index (κ2) is 6.89. The third-order valence-electron chi connectivity index (χ3n) is 3.62. The number of fused-ring (bicyclic) bond motifs is 1. The highest BCUT2D eigenvalue weighted by molar-refractivity contribution is 7.18. The van der Waals surface area contributed by atoms with Gasteiger partial charge in [-0.2, -0.15) is 0 Å². The number of rotatable bonds is 3. The van der Waals surface area contributed by atoms with Crippen LogP contribution >= 0.6 is 22.9 Å². The van der Waals surface area contributed by atoms with E-state index in [1.807, 2.05) is 6.07 Å². The SMILES string of the molecule is O=C(Nc1nnc(-c2ccc(Cl)cc2F)s1)[C@H]1COc2ccccc2O1. The Bertz CT molecular complexity index is 981. The molecule has 1 N–H and O–H groups in total. The number of halogens is 2. The quantitative estimate of drug-likeness (QED) is 0.735. The number of anilines is 1. The van der Waals surface area contributed by atoms with Crippen LogP contribution in [-0.2, 0) is 4.79 Å². The predicted molar refractivity (Wildman–Crippen MR) is 95.3 cm³/mol. The van der Waals surface area contributed by atoms with Crippen LogP contribution in [0.3, 0.4) is 0 Å². The molecule has 4 rings (SSSR count). The van der Waals surface area contributed by atoms with Crippen LogP contribution in [0.1, 0.15) is 0 Å². The van der Waals surface area contributed by atoms with Crippen molar-refractivity contribution in [2.75, 3.05) is 11.9 Å². The van der Waals surface area contributed by atoms with Crippen molar-refractivity contribution in [1.82, 2.24) is 10.2 Å². The zero-order chi connectivity index (χ0) is 18.1. The molecular weight excluding hydrogens is 381 g/mol. The van der Waals surface area contributed by atoms with E-state index in [-0.39, 0.29) is 17.3 Å². The third-order valence-corrected chi connectivity index (χ3v) is 4.72. The van der Waals surface area contributed by atoms with Gasteiger partial charge in [-0.05, 0) is 30.3 Å². The lowest BCUT2D eigenvalue weighted by atomic mass is 10.2. The molecule has 0 saturated carbocycles. The standard InChI is InChI=1S/C17H11ClFN3O3S/c18-9-5-6-10(11(19)7-9)16-21-22-17(26-16)20-15(23)14-8-24-12-3-1-2-4-13(12)25-14/h1-7,14H,8H2,(H,20,22,23)/t14-/m1/s1. The summed E-state index contributed by atoms with van der Waals surface area (Å²) in [6, 6.07) is 11.4. The Morgan fingerprint density at radius 2 is 2.04 bits per heavy atom. The number of amides is 1. The molecule has 1 aliphatic rings. The number of nitrogens with zero attached hydrogens (tertiary/aromatic N) is 2. The molecule has 0 fully saturated rings. The van der Waals surface area contributed by atoms with Gasteiger partial charge in [-0.3, -0.25) is 10.1 Å². The summed E-state index contributed by atoms with van der Waals surface area (Å²) in [6.07, 6.45) is -0.815. The fourth-order valence-corrected chi connectivity index (χ4v) is 3.31. The van der Waals surface area contributed by atoms with Crippen molar-refractivity contribution in [2.24, 2.45) is 0 Å². The van der Waals surface area contributed by atoms with Gasteiger partial charge in [0.2, 0.25) is 11.2 Å². The van der Waals surface area contributed by atoms with Crippen LogP contribution in [0.25, 0.3) is 10.6 Å². The molecule has 0 aliphatic carbocycles. The minimum atomic E-state index is -0.815. The van der Waals surface area contributed by atoms with Crippen molar-refractivity contribution >= 4 is 34.0 Å². The van der Waals surface area contributed by atoms with Crippen molar-refractivity contribution in [3.05, 3.63) is 53.3 Å². The van der Waals surface area contributed by atoms with Crippen LogP contribution < -0.4 is 14.8 Å². The number of hydrogen-bond donors (Lipinski definition) is 1. The van der Waals surface area contributed by atoms with Crippen LogP contribution in [0.5, 0.6) is 11.5 Å². The highest BCUT2D eigenvalue weighted by Gasteiger charge is 2.28. The van der Waals surface area contributed by atoms with E-state index in [4.69, 9.17) is 21.1 Å². The third kappa shape index (κ3) is 3.33. The Morgan fingerprint density at radius 1 is 1.23 bits per heavy atom. The Hall–Kier alpha value is -2.71. The van der Waals surface area contributed by atoms with Gasteiger partial charge >= 0.3 is 0 Å². The van der Waals surface area contributed by atoms with Crippen molar-refractivity contribution in [2.45, 2.75) is 6.10 Å². The Kier molecular flexibility index (Phi) is 4.44. The zero-order valence-electron chi connectivity index (χ0n) is 13.1. The van der Waals surface area contributed by atoms with E-state index >= 15 is 0 Å². The van der Waals surface area contributed by atoms with Crippen molar-refractivity contribution in [3.63, 3.8) is 0 Å². The zero-order valence-corrected chi connectivity index (χ0v) is 14.7. The molecule has 1 amide bonds. The first-order chi connectivity index (χ1) is 12.6. The van der Waals surface area contributed by atoms with Gasteiger partial charge in [-0.15, -0.1) is 10.2 Å². The molecule has 2 heterocycles. The predicted octanol–water partition coefficient (Wildman–Crippen LogP) is 3.78. The van der Waals surface area contributed by atoms with Crippen LogP contribution in [0.15, 0.2) is 42.5 Å². The second-order valence-electron chi connectivity index (χ2n) is 5.39. The van der Waals surface area contributed by atoms with E-state index in [9.17, 15) is 9.18 Å². The summed E-state index contributed by atoms with van der Waals surface area (Å²) >= 11 is 6.80. The summed E-state index contributed by atoms with van der Waals surface area (Å²) < 4.78 is 25.1. The normalized spacial score (nSPS) is 15.5. The summed E-state index contributed by atoms with van der Waals surface area (Å²) in [6.45, 7) is 0.0837. The molecule has 9 heteroatoms. The van der Waals surface area contributed by atoms with E-state index in [0.717, 1.165) is 11.3 Å². The lowest BCUT2D eigenvalue weighted by molar-refractivity contribution is -0.125. The van der Waals surface area contributed by atoms with Crippen molar-refractivity contribution in [1.29, 1.82) is 0 Å². The number of para-hydroxylation sites is 2. The maximum Gasteiger partial charge on any atom is 0.270 e. The average Bonchev–Trinajstić information content (AvgIpc) is 3.09. The van der Waals surface area contributed by atoms with Crippen LogP contribution in [0, 0.1) is 5.82 Å². The van der Waals surface area contributed by atoms with E-state index in [1.54, 1.807) is 24.3 Å². The molecule has 0 unspecified atom stereocenters. The van der Waals surface area contributed by atoms with Gasteiger partial charge in [-0.25, -0.2) is 4.39 Å². The van der Waals surface area contributed by atoms with E-state index in [0.29, 0.717) is 21.5 Å². The minimum absolute atomic E-state index is 0.0837. The topological polar surface area (TPSA) is 73.3 Å². The molecule has 0 bridgehead atoms. The van der Waals surface area contributed by atoms with Gasteiger partial charge < -0.3 is 9.47 Å².